The van der Waals surface area contributed by atoms with Crippen molar-refractivity contribution in [3.63, 3.8) is 0 Å². The van der Waals surface area contributed by atoms with E-state index in [0.29, 0.717) is 12.2 Å². The quantitative estimate of drug-likeness (QED) is 0.481. The molecule has 0 aliphatic heterocycles. The van der Waals surface area contributed by atoms with Gasteiger partial charge in [0.05, 0.1) is 0 Å². The van der Waals surface area contributed by atoms with Gasteiger partial charge in [0.15, 0.2) is 0 Å². The smallest absolute Gasteiger partial charge is 0.328 e. The zero-order valence-electron chi connectivity index (χ0n) is 8.70. The van der Waals surface area contributed by atoms with E-state index in [-0.39, 0.29) is 19.3 Å². The van der Waals surface area contributed by atoms with Crippen molar-refractivity contribution in [2.24, 2.45) is 0 Å². The van der Waals surface area contributed by atoms with Gasteiger partial charge in [0.25, 0.3) is 0 Å². The van der Waals surface area contributed by atoms with Gasteiger partial charge < -0.3 is 20.4 Å². The lowest BCUT2D eigenvalue weighted by molar-refractivity contribution is -0.139. The minimum Gasteiger partial charge on any atom is -0.481 e. The van der Waals surface area contributed by atoms with Crippen LogP contribution in [0.3, 0.4) is 0 Å². The highest BCUT2D eigenvalue weighted by Crippen LogP contribution is 1.93. The van der Waals surface area contributed by atoms with Crippen LogP contribution in [0.5, 0.6) is 0 Å². The Bertz CT molecular complexity index is 287. The Labute approximate surface area is 95.8 Å². The lowest BCUT2D eigenvalue weighted by Gasteiger charge is -1.89. The van der Waals surface area contributed by atoms with Gasteiger partial charge in [-0.1, -0.05) is 0 Å². The number of aliphatic carboxylic acids is 4. The Morgan fingerprint density at radius 3 is 1.18 bits per heavy atom. The summed E-state index contributed by atoms with van der Waals surface area (Å²) in [5.41, 5.74) is 0. The molecule has 0 saturated carbocycles. The normalized spacial score (nSPS) is 9.18. The molecule has 0 aromatic heterocycles. The van der Waals surface area contributed by atoms with Gasteiger partial charge in [-0.15, -0.1) is 0 Å². The Kier molecular flexibility index (Phi) is 10.2. The van der Waals surface area contributed by atoms with Crippen molar-refractivity contribution < 1.29 is 39.6 Å². The summed E-state index contributed by atoms with van der Waals surface area (Å²) in [7, 11) is 0. The van der Waals surface area contributed by atoms with Crippen molar-refractivity contribution in [3.8, 4) is 0 Å². The molecule has 17 heavy (non-hydrogen) atoms. The molecule has 0 fully saturated rings. The van der Waals surface area contributed by atoms with Gasteiger partial charge in [0.2, 0.25) is 0 Å². The highest BCUT2D eigenvalue weighted by Gasteiger charge is 1.99. The number of hydrogen-bond donors (Lipinski definition) is 4. The average Bonchev–Trinajstić information content (AvgIpc) is 2.14. The molecule has 8 nitrogen and oxygen atoms in total. The first-order valence-corrected chi connectivity index (χ1v) is 4.33. The highest BCUT2D eigenvalue weighted by molar-refractivity contribution is 5.89. The fourth-order valence-corrected chi connectivity index (χ4v) is 0.533. The van der Waals surface area contributed by atoms with E-state index in [1.54, 1.807) is 0 Å². The van der Waals surface area contributed by atoms with Crippen molar-refractivity contribution in [2.45, 2.75) is 19.3 Å². The van der Waals surface area contributed by atoms with Crippen LogP contribution in [0.25, 0.3) is 0 Å². The summed E-state index contributed by atoms with van der Waals surface area (Å²) >= 11 is 0. The molecule has 96 valence electrons. The van der Waals surface area contributed by atoms with Crippen LogP contribution >= 0.6 is 0 Å². The second-order valence-electron chi connectivity index (χ2n) is 2.65. The van der Waals surface area contributed by atoms with Crippen LogP contribution in [0.4, 0.5) is 0 Å². The molecule has 0 aromatic carbocycles. The Morgan fingerprint density at radius 1 is 0.706 bits per heavy atom. The summed E-state index contributed by atoms with van der Waals surface area (Å²) in [6.07, 6.45) is 1.20. The molecule has 0 amide bonds. The van der Waals surface area contributed by atoms with E-state index < -0.39 is 23.9 Å². The molecule has 0 rings (SSSR count). The number of rotatable bonds is 6. The predicted octanol–water partition coefficient (Wildman–Crippen LogP) is 0.0377. The zero-order valence-corrected chi connectivity index (χ0v) is 8.70. The molecule has 0 atom stereocenters. The molecule has 0 heterocycles. The van der Waals surface area contributed by atoms with Gasteiger partial charge in [-0.25, -0.2) is 9.59 Å². The summed E-state index contributed by atoms with van der Waals surface area (Å²) in [6, 6.07) is 0. The van der Waals surface area contributed by atoms with Crippen molar-refractivity contribution >= 4 is 23.9 Å². The molecular formula is C9H12O8. The maximum Gasteiger partial charge on any atom is 0.328 e. The van der Waals surface area contributed by atoms with E-state index in [1.165, 1.54) is 0 Å². The summed E-state index contributed by atoms with van der Waals surface area (Å²) in [5, 5.41) is 31.7. The number of carboxylic acids is 4. The van der Waals surface area contributed by atoms with Crippen LogP contribution in [0.2, 0.25) is 0 Å². The van der Waals surface area contributed by atoms with Crippen LogP contribution in [-0.2, 0) is 19.2 Å². The zero-order chi connectivity index (χ0) is 13.8. The maximum absolute atomic E-state index is 9.79. The largest absolute Gasteiger partial charge is 0.481 e. The molecule has 0 saturated heterocycles. The lowest BCUT2D eigenvalue weighted by atomic mass is 10.2. The molecule has 0 aliphatic carbocycles. The average molecular weight is 248 g/mol. The molecule has 0 aromatic rings. The van der Waals surface area contributed by atoms with Gasteiger partial charge in [0.1, 0.15) is 0 Å². The third-order valence-corrected chi connectivity index (χ3v) is 1.15. The van der Waals surface area contributed by atoms with Gasteiger partial charge in [-0.3, -0.25) is 9.59 Å². The summed E-state index contributed by atoms with van der Waals surface area (Å²) in [6.45, 7) is 0. The molecule has 0 aliphatic rings. The topological polar surface area (TPSA) is 149 Å². The number of carbonyl (C=O) groups is 4. The first kappa shape index (κ1) is 17.0. The summed E-state index contributed by atoms with van der Waals surface area (Å²) < 4.78 is 0. The second-order valence-corrected chi connectivity index (χ2v) is 2.65. The highest BCUT2D eigenvalue weighted by atomic mass is 16.4. The third-order valence-electron chi connectivity index (χ3n) is 1.15. The lowest BCUT2D eigenvalue weighted by Crippen LogP contribution is -1.98. The minimum atomic E-state index is -1.26. The molecule has 0 radical (unpaired) electrons. The first-order chi connectivity index (χ1) is 7.75. The van der Waals surface area contributed by atoms with Crippen molar-refractivity contribution in [3.05, 3.63) is 12.2 Å². The first-order valence-electron chi connectivity index (χ1n) is 4.33. The van der Waals surface area contributed by atoms with E-state index in [2.05, 4.69) is 0 Å². The molecule has 4 N–H and O–H groups in total. The van der Waals surface area contributed by atoms with Gasteiger partial charge in [0, 0.05) is 25.0 Å². The molecule has 0 bridgehead atoms. The van der Waals surface area contributed by atoms with E-state index in [9.17, 15) is 19.2 Å². The number of hydrogen-bond acceptors (Lipinski definition) is 4. The van der Waals surface area contributed by atoms with E-state index in [0.717, 1.165) is 0 Å². The van der Waals surface area contributed by atoms with Gasteiger partial charge in [-0.05, 0) is 6.42 Å². The van der Waals surface area contributed by atoms with E-state index >= 15 is 0 Å². The Hall–Kier alpha value is -2.38. The third kappa shape index (κ3) is 24.7. The monoisotopic (exact) mass is 248 g/mol. The van der Waals surface area contributed by atoms with Crippen molar-refractivity contribution in [1.82, 2.24) is 0 Å². The second kappa shape index (κ2) is 10.1. The Balaban J connectivity index is 0. The summed E-state index contributed by atoms with van der Waals surface area (Å²) in [4.78, 5) is 38.7. The van der Waals surface area contributed by atoms with Crippen LogP contribution in [0, 0.1) is 0 Å². The van der Waals surface area contributed by atoms with Crippen molar-refractivity contribution in [1.29, 1.82) is 0 Å². The Morgan fingerprint density at radius 2 is 1.00 bits per heavy atom. The fraction of sp³-hybridized carbons (Fsp3) is 0.333. The SMILES string of the molecule is O=C(O)C=CC(=O)O.O=C(O)CCCC(=O)O. The van der Waals surface area contributed by atoms with E-state index in [1.807, 2.05) is 0 Å². The standard InChI is InChI=1S/C5H8O4.C4H4O4/c6-4(7)2-1-3-5(8)9;5-3(6)1-2-4(7)8/h1-3H2,(H,6,7)(H,8,9);1-2H,(H,5,6)(H,7,8). The molecular weight excluding hydrogens is 236 g/mol. The number of carboxylic acid groups (broad SMARTS) is 4. The maximum atomic E-state index is 9.79. The minimum absolute atomic E-state index is 0.0632. The fourth-order valence-electron chi connectivity index (χ4n) is 0.533. The van der Waals surface area contributed by atoms with Crippen LogP contribution in [-0.4, -0.2) is 44.3 Å². The molecule has 0 spiro atoms. The molecule has 0 unspecified atom stereocenters. The van der Waals surface area contributed by atoms with Crippen LogP contribution < -0.4 is 0 Å². The predicted molar refractivity (Wildman–Crippen MR) is 53.5 cm³/mol. The van der Waals surface area contributed by atoms with Crippen LogP contribution in [0.1, 0.15) is 19.3 Å². The van der Waals surface area contributed by atoms with Crippen molar-refractivity contribution in [2.75, 3.05) is 0 Å². The van der Waals surface area contributed by atoms with Gasteiger partial charge >= 0.3 is 23.9 Å². The summed E-state index contributed by atoms with van der Waals surface area (Å²) in [5.74, 6) is -4.41. The van der Waals surface area contributed by atoms with Gasteiger partial charge in [-0.2, -0.15) is 0 Å². The molecule has 8 heteroatoms. The van der Waals surface area contributed by atoms with Crippen LogP contribution in [0.15, 0.2) is 12.2 Å². The van der Waals surface area contributed by atoms with E-state index in [4.69, 9.17) is 20.4 Å².